The first-order valence-electron chi connectivity index (χ1n) is 9.45. The van der Waals surface area contributed by atoms with Gasteiger partial charge in [0.15, 0.2) is 0 Å². The van der Waals surface area contributed by atoms with Crippen LogP contribution in [-0.2, 0) is 14.8 Å². The maximum Gasteiger partial charge on any atom is 0.255 e. The second-order valence-corrected chi connectivity index (χ2v) is 9.87. The van der Waals surface area contributed by atoms with Crippen molar-refractivity contribution < 1.29 is 22.7 Å². The Hall–Kier alpha value is -2.46. The molecule has 0 unspecified atom stereocenters. The van der Waals surface area contributed by atoms with Gasteiger partial charge < -0.3 is 15.4 Å². The molecule has 2 aromatic carbocycles. The summed E-state index contributed by atoms with van der Waals surface area (Å²) in [5.41, 5.74) is 0.319. The quantitative estimate of drug-likeness (QED) is 0.516. The fourth-order valence-corrected chi connectivity index (χ4v) is 4.27. The van der Waals surface area contributed by atoms with Gasteiger partial charge in [0, 0.05) is 30.4 Å². The van der Waals surface area contributed by atoms with Crippen molar-refractivity contribution in [3.05, 3.63) is 58.6 Å². The zero-order chi connectivity index (χ0) is 23.2. The Labute approximate surface area is 187 Å². The summed E-state index contributed by atoms with van der Waals surface area (Å²) in [5, 5.41) is 5.52. The Kier molecular flexibility index (Phi) is 8.19. The summed E-state index contributed by atoms with van der Waals surface area (Å²) in [4.78, 5) is 24.7. The van der Waals surface area contributed by atoms with Gasteiger partial charge in [-0.3, -0.25) is 9.59 Å². The molecule has 2 rings (SSSR count). The van der Waals surface area contributed by atoms with Gasteiger partial charge in [-0.15, -0.1) is 0 Å². The van der Waals surface area contributed by atoms with Crippen molar-refractivity contribution in [1.29, 1.82) is 0 Å². The van der Waals surface area contributed by atoms with Crippen LogP contribution in [0.25, 0.3) is 0 Å². The van der Waals surface area contributed by atoms with E-state index in [0.717, 1.165) is 0 Å². The fraction of sp³-hybridized carbons (Fsp3) is 0.333. The number of sulfonamides is 1. The minimum atomic E-state index is -3.69. The summed E-state index contributed by atoms with van der Waals surface area (Å²) in [7, 11) is -2.16. The number of anilines is 1. The molecule has 0 spiro atoms. The maximum absolute atomic E-state index is 12.5. The highest BCUT2D eigenvalue weighted by atomic mass is 35.5. The third kappa shape index (κ3) is 7.32. The Morgan fingerprint density at radius 2 is 1.68 bits per heavy atom. The van der Waals surface area contributed by atoms with E-state index in [1.807, 2.05) is 0 Å². The third-order valence-corrected chi connectivity index (χ3v) is 6.02. The molecule has 2 aromatic rings. The van der Waals surface area contributed by atoms with Gasteiger partial charge in [-0.1, -0.05) is 11.6 Å². The van der Waals surface area contributed by atoms with E-state index in [4.69, 9.17) is 16.3 Å². The van der Waals surface area contributed by atoms with Crippen molar-refractivity contribution in [2.75, 3.05) is 25.6 Å². The van der Waals surface area contributed by atoms with Gasteiger partial charge in [0.2, 0.25) is 10.0 Å². The van der Waals surface area contributed by atoms with Crippen LogP contribution in [0.2, 0.25) is 5.02 Å². The summed E-state index contributed by atoms with van der Waals surface area (Å²) < 4.78 is 32.2. The van der Waals surface area contributed by atoms with Gasteiger partial charge in [0.25, 0.3) is 11.8 Å². The summed E-state index contributed by atoms with van der Waals surface area (Å²) in [6.07, 6.45) is 0. The van der Waals surface area contributed by atoms with Crippen LogP contribution in [-0.4, -0.2) is 46.0 Å². The summed E-state index contributed by atoms with van der Waals surface area (Å²) in [5.74, 6) is -0.790. The van der Waals surface area contributed by atoms with E-state index in [1.54, 1.807) is 26.8 Å². The van der Waals surface area contributed by atoms with Crippen molar-refractivity contribution in [3.63, 3.8) is 0 Å². The van der Waals surface area contributed by atoms with Gasteiger partial charge in [0.1, 0.15) is 0 Å². The fourth-order valence-electron chi connectivity index (χ4n) is 2.59. The van der Waals surface area contributed by atoms with Crippen LogP contribution in [0.5, 0.6) is 0 Å². The van der Waals surface area contributed by atoms with Crippen LogP contribution in [0.3, 0.4) is 0 Å². The second kappa shape index (κ2) is 10.2. The van der Waals surface area contributed by atoms with Gasteiger partial charge in [-0.25, -0.2) is 13.1 Å². The zero-order valence-electron chi connectivity index (χ0n) is 17.8. The van der Waals surface area contributed by atoms with Gasteiger partial charge in [-0.2, -0.15) is 0 Å². The molecule has 0 saturated carbocycles. The third-order valence-electron chi connectivity index (χ3n) is 3.93. The van der Waals surface area contributed by atoms with Gasteiger partial charge in [-0.05, 0) is 63.2 Å². The molecule has 8 nitrogen and oxygen atoms in total. The molecule has 0 fully saturated rings. The summed E-state index contributed by atoms with van der Waals surface area (Å²) in [6, 6.07) is 10.1. The van der Waals surface area contributed by atoms with E-state index in [1.165, 1.54) is 43.5 Å². The van der Waals surface area contributed by atoms with E-state index >= 15 is 0 Å². The van der Waals surface area contributed by atoms with Crippen molar-refractivity contribution in [2.45, 2.75) is 31.2 Å². The summed E-state index contributed by atoms with van der Waals surface area (Å²) in [6.45, 7) is 5.95. The Bertz CT molecular complexity index is 1050. The molecule has 0 heterocycles. The number of ether oxygens (including phenoxy) is 1. The van der Waals surface area contributed by atoms with Crippen LogP contribution in [0.4, 0.5) is 5.69 Å². The Balaban J connectivity index is 2.08. The summed E-state index contributed by atoms with van der Waals surface area (Å²) >= 11 is 6.17. The van der Waals surface area contributed by atoms with Crippen LogP contribution >= 0.6 is 11.6 Å². The predicted molar refractivity (Wildman–Crippen MR) is 120 cm³/mol. The minimum absolute atomic E-state index is 0.0610. The minimum Gasteiger partial charge on any atom is -0.383 e. The number of methoxy groups -OCH3 is 1. The first kappa shape index (κ1) is 24.8. The smallest absolute Gasteiger partial charge is 0.255 e. The normalized spacial score (nSPS) is 11.8. The van der Waals surface area contributed by atoms with Crippen LogP contribution in [0.15, 0.2) is 47.4 Å². The average molecular weight is 468 g/mol. The molecule has 0 aliphatic heterocycles. The number of hydrogen-bond donors (Lipinski definition) is 3. The molecule has 0 radical (unpaired) electrons. The number of halogens is 1. The second-order valence-electron chi connectivity index (χ2n) is 7.78. The van der Waals surface area contributed by atoms with E-state index < -0.39 is 21.5 Å². The molecule has 10 heteroatoms. The molecule has 0 aromatic heterocycles. The number of benzene rings is 2. The molecule has 0 atom stereocenters. The number of carbonyl (C=O) groups is 2. The molecular weight excluding hydrogens is 442 g/mol. The van der Waals surface area contributed by atoms with Crippen molar-refractivity contribution in [1.82, 2.24) is 10.0 Å². The average Bonchev–Trinajstić information content (AvgIpc) is 2.66. The van der Waals surface area contributed by atoms with Crippen LogP contribution in [0, 0.1) is 0 Å². The van der Waals surface area contributed by atoms with Crippen molar-refractivity contribution in [3.8, 4) is 0 Å². The highest BCUT2D eigenvalue weighted by Crippen LogP contribution is 2.22. The first-order valence-corrected chi connectivity index (χ1v) is 11.3. The topological polar surface area (TPSA) is 114 Å². The lowest BCUT2D eigenvalue weighted by molar-refractivity contribution is 0.0936. The van der Waals surface area contributed by atoms with Crippen LogP contribution < -0.4 is 15.4 Å². The van der Waals surface area contributed by atoms with E-state index in [0.29, 0.717) is 18.8 Å². The molecule has 168 valence electrons. The van der Waals surface area contributed by atoms with E-state index in [9.17, 15) is 18.0 Å². The molecule has 31 heavy (non-hydrogen) atoms. The van der Waals surface area contributed by atoms with Gasteiger partial charge >= 0.3 is 0 Å². The lowest BCUT2D eigenvalue weighted by Gasteiger charge is -2.20. The molecule has 2 amide bonds. The molecule has 3 N–H and O–H groups in total. The highest BCUT2D eigenvalue weighted by Gasteiger charge is 2.22. The zero-order valence-corrected chi connectivity index (χ0v) is 19.4. The van der Waals surface area contributed by atoms with Crippen molar-refractivity contribution >= 4 is 39.1 Å². The Morgan fingerprint density at radius 3 is 2.23 bits per heavy atom. The SMILES string of the molecule is COCCNC(=O)c1ccc(NC(=O)c2ccc(S(=O)(=O)NC(C)(C)C)cc2)cc1Cl. The lowest BCUT2D eigenvalue weighted by Crippen LogP contribution is -2.40. The molecule has 0 saturated heterocycles. The maximum atomic E-state index is 12.5. The first-order chi connectivity index (χ1) is 14.4. The number of rotatable bonds is 8. The molecule has 0 aliphatic carbocycles. The predicted octanol–water partition coefficient (Wildman–Crippen LogP) is 3.05. The monoisotopic (exact) mass is 467 g/mol. The number of amides is 2. The van der Waals surface area contributed by atoms with Gasteiger partial charge in [0.05, 0.1) is 22.1 Å². The lowest BCUT2D eigenvalue weighted by atomic mass is 10.1. The molecule has 0 aliphatic rings. The molecular formula is C21H26ClN3O5S. The molecule has 0 bridgehead atoms. The standard InChI is InChI=1S/C21H26ClN3O5S/c1-21(2,3)25-31(28,29)16-8-5-14(6-9-16)19(26)24-15-7-10-17(18(22)13-15)20(27)23-11-12-30-4/h5-10,13,25H,11-12H2,1-4H3,(H,23,27)(H,24,26). The van der Waals surface area contributed by atoms with Crippen LogP contribution in [0.1, 0.15) is 41.5 Å². The van der Waals surface area contributed by atoms with Crippen molar-refractivity contribution in [2.24, 2.45) is 0 Å². The number of carbonyl (C=O) groups excluding carboxylic acids is 2. The van der Waals surface area contributed by atoms with E-state index in [2.05, 4.69) is 15.4 Å². The Morgan fingerprint density at radius 1 is 1.03 bits per heavy atom. The highest BCUT2D eigenvalue weighted by molar-refractivity contribution is 7.89. The van der Waals surface area contributed by atoms with E-state index in [-0.39, 0.29) is 27.0 Å². The number of hydrogen-bond acceptors (Lipinski definition) is 5. The largest absolute Gasteiger partial charge is 0.383 e. The number of nitrogens with one attached hydrogen (secondary N) is 3.